The first-order valence-electron chi connectivity index (χ1n) is 9.40. The number of thiol groups is 1. The molecule has 0 fully saturated rings. The smallest absolute Gasteiger partial charge is 0.127 e. The number of anilines is 1. The summed E-state index contributed by atoms with van der Waals surface area (Å²) in [5.74, 6) is 0.693. The van der Waals surface area contributed by atoms with Gasteiger partial charge in [0.15, 0.2) is 0 Å². The largest absolute Gasteiger partial charge is 0.397 e. The van der Waals surface area contributed by atoms with Crippen molar-refractivity contribution in [3.63, 3.8) is 0 Å². The van der Waals surface area contributed by atoms with Gasteiger partial charge < -0.3 is 5.73 Å². The van der Waals surface area contributed by atoms with Crippen LogP contribution in [0.2, 0.25) is 0 Å². The van der Waals surface area contributed by atoms with Crippen molar-refractivity contribution < 1.29 is 4.21 Å². The third kappa shape index (κ3) is 3.52. The van der Waals surface area contributed by atoms with Crippen LogP contribution in [0.3, 0.4) is 0 Å². The van der Waals surface area contributed by atoms with E-state index in [1.807, 2.05) is 30.5 Å². The fraction of sp³-hybridized carbons (Fsp3) is 0.227. The van der Waals surface area contributed by atoms with Crippen molar-refractivity contribution in [1.82, 2.24) is 4.98 Å². The Morgan fingerprint density at radius 1 is 1.14 bits per heavy atom. The SMILES string of the molecule is CCCC[SH](C)(=O)c1sc2nc(-c3cccs3)cc(-c3ccccc3)c2c1N. The van der Waals surface area contributed by atoms with Gasteiger partial charge >= 0.3 is 0 Å². The normalized spacial score (nSPS) is 12.5. The summed E-state index contributed by atoms with van der Waals surface area (Å²) in [4.78, 5) is 6.90. The Labute approximate surface area is 174 Å². The summed E-state index contributed by atoms with van der Waals surface area (Å²) in [6, 6.07) is 16.5. The molecule has 4 aromatic rings. The number of nitrogens with two attached hydrogens (primary N) is 1. The zero-order chi connectivity index (χ0) is 19.7. The minimum absolute atomic E-state index is 0.644. The number of benzene rings is 1. The highest BCUT2D eigenvalue weighted by Gasteiger charge is 2.24. The Bertz CT molecular complexity index is 1150. The third-order valence-corrected chi connectivity index (χ3v) is 10.4. The molecule has 0 spiro atoms. The molecule has 4 rings (SSSR count). The Kier molecular flexibility index (Phi) is 5.36. The molecule has 146 valence electrons. The van der Waals surface area contributed by atoms with Crippen LogP contribution in [-0.2, 0) is 9.93 Å². The lowest BCUT2D eigenvalue weighted by Crippen LogP contribution is -2.14. The minimum Gasteiger partial charge on any atom is -0.397 e. The van der Waals surface area contributed by atoms with Crippen LogP contribution in [0, 0.1) is 0 Å². The van der Waals surface area contributed by atoms with E-state index < -0.39 is 9.93 Å². The molecule has 3 aromatic heterocycles. The van der Waals surface area contributed by atoms with E-state index >= 15 is 0 Å². The van der Waals surface area contributed by atoms with Crippen molar-refractivity contribution in [2.45, 2.75) is 24.0 Å². The van der Waals surface area contributed by atoms with Gasteiger partial charge in [0.2, 0.25) is 0 Å². The number of pyridine rings is 1. The molecule has 1 aromatic carbocycles. The molecule has 28 heavy (non-hydrogen) atoms. The van der Waals surface area contributed by atoms with Gasteiger partial charge in [-0.1, -0.05) is 59.7 Å². The van der Waals surface area contributed by atoms with E-state index in [0.29, 0.717) is 11.4 Å². The van der Waals surface area contributed by atoms with Crippen LogP contribution in [0.4, 0.5) is 5.69 Å². The standard InChI is InChI=1S/C22H24N2OS3/c1-3-4-13-28(2,25)22-20(23)19-16(15-9-6-5-7-10-15)14-17(24-21(19)27-22)18-11-8-12-26-18/h5-12,14,28H,3-4,13,23H2,1-2H3. The molecule has 0 aliphatic rings. The Hall–Kier alpha value is -2.02. The number of rotatable bonds is 6. The van der Waals surface area contributed by atoms with Gasteiger partial charge in [0.25, 0.3) is 0 Å². The van der Waals surface area contributed by atoms with Gasteiger partial charge in [0, 0.05) is 11.1 Å². The van der Waals surface area contributed by atoms with E-state index in [1.54, 1.807) is 11.3 Å². The summed E-state index contributed by atoms with van der Waals surface area (Å²) < 4.78 is 14.3. The van der Waals surface area contributed by atoms with Crippen LogP contribution < -0.4 is 5.73 Å². The number of fused-ring (bicyclic) bond motifs is 1. The van der Waals surface area contributed by atoms with Crippen LogP contribution >= 0.6 is 22.7 Å². The van der Waals surface area contributed by atoms with Crippen LogP contribution in [0.25, 0.3) is 31.9 Å². The van der Waals surface area contributed by atoms with E-state index in [-0.39, 0.29) is 0 Å². The Morgan fingerprint density at radius 2 is 1.93 bits per heavy atom. The van der Waals surface area contributed by atoms with E-state index in [9.17, 15) is 4.21 Å². The molecule has 0 bridgehead atoms. The second kappa shape index (κ2) is 7.78. The van der Waals surface area contributed by atoms with Crippen molar-refractivity contribution in [2.75, 3.05) is 17.7 Å². The van der Waals surface area contributed by atoms with Crippen molar-refractivity contribution >= 4 is 48.5 Å². The molecule has 0 unspecified atom stereocenters. The lowest BCUT2D eigenvalue weighted by Gasteiger charge is -2.17. The number of nitrogens with zero attached hydrogens (tertiary/aromatic N) is 1. The number of unbranched alkanes of at least 4 members (excludes halogenated alkanes) is 1. The summed E-state index contributed by atoms with van der Waals surface area (Å²) in [7, 11) is -2.50. The maximum atomic E-state index is 13.4. The fourth-order valence-corrected chi connectivity index (χ4v) is 8.02. The first-order valence-corrected chi connectivity index (χ1v) is 13.4. The first kappa shape index (κ1) is 19.3. The summed E-state index contributed by atoms with van der Waals surface area (Å²) in [6.45, 7) is 2.12. The first-order chi connectivity index (χ1) is 13.5. The fourth-order valence-electron chi connectivity index (χ4n) is 3.42. The predicted molar refractivity (Wildman–Crippen MR) is 126 cm³/mol. The van der Waals surface area contributed by atoms with Crippen molar-refractivity contribution in [1.29, 1.82) is 0 Å². The Balaban J connectivity index is 1.98. The van der Waals surface area contributed by atoms with Crippen LogP contribution in [0.15, 0.2) is 58.1 Å². The monoisotopic (exact) mass is 428 g/mol. The molecule has 0 amide bonds. The van der Waals surface area contributed by atoms with E-state index in [2.05, 4.69) is 36.6 Å². The molecule has 2 N–H and O–H groups in total. The molecule has 3 heterocycles. The average molecular weight is 429 g/mol. The number of hydrogen-bond donors (Lipinski definition) is 2. The maximum absolute atomic E-state index is 13.4. The second-order valence-electron chi connectivity index (χ2n) is 7.08. The molecule has 6 heteroatoms. The van der Waals surface area contributed by atoms with Gasteiger partial charge in [0.1, 0.15) is 4.83 Å². The molecule has 3 nitrogen and oxygen atoms in total. The predicted octanol–water partition coefficient (Wildman–Crippen LogP) is 6.08. The quantitative estimate of drug-likeness (QED) is 0.366. The summed E-state index contributed by atoms with van der Waals surface area (Å²) in [5.41, 5.74) is 10.3. The number of hydrogen-bond acceptors (Lipinski definition) is 5. The highest BCUT2D eigenvalue weighted by Crippen LogP contribution is 2.45. The molecule has 0 atom stereocenters. The second-order valence-corrected chi connectivity index (χ2v) is 12.4. The topological polar surface area (TPSA) is 56.0 Å². The zero-order valence-electron chi connectivity index (χ0n) is 16.0. The van der Waals surface area contributed by atoms with E-state index in [0.717, 1.165) is 49.0 Å². The van der Waals surface area contributed by atoms with Gasteiger partial charge in [-0.15, -0.1) is 22.7 Å². The number of nitrogen functional groups attached to an aromatic ring is 1. The summed E-state index contributed by atoms with van der Waals surface area (Å²) >= 11 is 3.18. The Morgan fingerprint density at radius 3 is 2.61 bits per heavy atom. The highest BCUT2D eigenvalue weighted by molar-refractivity contribution is 8.04. The highest BCUT2D eigenvalue weighted by atomic mass is 32.3. The molecule has 0 aliphatic carbocycles. The maximum Gasteiger partial charge on any atom is 0.127 e. The lowest BCUT2D eigenvalue weighted by molar-refractivity contribution is 0.672. The van der Waals surface area contributed by atoms with Gasteiger partial charge in [0.05, 0.1) is 20.5 Å². The molecular formula is C22H24N2OS3. The average Bonchev–Trinajstić information content (AvgIpc) is 3.35. The zero-order valence-corrected chi connectivity index (χ0v) is 18.5. The third-order valence-electron chi connectivity index (χ3n) is 4.91. The van der Waals surface area contributed by atoms with E-state index in [1.165, 1.54) is 11.3 Å². The van der Waals surface area contributed by atoms with Gasteiger partial charge in [-0.2, -0.15) is 0 Å². The van der Waals surface area contributed by atoms with Gasteiger partial charge in [-0.05, 0) is 41.3 Å². The lowest BCUT2D eigenvalue weighted by atomic mass is 10.0. The number of aromatic nitrogens is 1. The minimum atomic E-state index is -2.50. The summed E-state index contributed by atoms with van der Waals surface area (Å²) in [5, 5.41) is 2.99. The van der Waals surface area contributed by atoms with Crippen molar-refractivity contribution in [2.24, 2.45) is 0 Å². The van der Waals surface area contributed by atoms with Crippen LogP contribution in [0.1, 0.15) is 19.8 Å². The number of thiophene rings is 2. The van der Waals surface area contributed by atoms with Gasteiger partial charge in [-0.3, -0.25) is 4.21 Å². The van der Waals surface area contributed by atoms with E-state index in [4.69, 9.17) is 10.7 Å². The van der Waals surface area contributed by atoms with Gasteiger partial charge in [-0.25, -0.2) is 4.98 Å². The van der Waals surface area contributed by atoms with Crippen molar-refractivity contribution in [3.8, 4) is 21.7 Å². The van der Waals surface area contributed by atoms with Crippen LogP contribution in [-0.4, -0.2) is 21.2 Å². The molecule has 0 saturated heterocycles. The summed E-state index contributed by atoms with van der Waals surface area (Å²) in [6.07, 6.45) is 3.84. The van der Waals surface area contributed by atoms with Crippen molar-refractivity contribution in [3.05, 3.63) is 53.9 Å². The molecular weight excluding hydrogens is 404 g/mol. The molecule has 0 radical (unpaired) electrons. The molecule has 0 saturated carbocycles. The van der Waals surface area contributed by atoms with Crippen LogP contribution in [0.5, 0.6) is 0 Å². The molecule has 0 aliphatic heterocycles.